The second kappa shape index (κ2) is 3.09. The maximum Gasteiger partial charge on any atom is 0.337 e. The van der Waals surface area contributed by atoms with Gasteiger partial charge >= 0.3 is 5.97 Å². The summed E-state index contributed by atoms with van der Waals surface area (Å²) in [5, 5.41) is 9.34. The van der Waals surface area contributed by atoms with Crippen molar-refractivity contribution in [3.63, 3.8) is 0 Å². The number of halogens is 2. The fourth-order valence-corrected chi connectivity index (χ4v) is 1.78. The number of fused-ring (bicyclic) bond motifs is 1. The number of carbonyl (C=O) groups is 1. The number of carboxylic acids is 1. The molecule has 2 N–H and O–H groups in total. The molecule has 5 heteroatoms. The van der Waals surface area contributed by atoms with Crippen molar-refractivity contribution in [2.75, 3.05) is 0 Å². The smallest absolute Gasteiger partial charge is 0.337 e. The van der Waals surface area contributed by atoms with Crippen molar-refractivity contribution in [3.05, 3.63) is 34.2 Å². The van der Waals surface area contributed by atoms with E-state index in [0.717, 1.165) is 6.07 Å². The Morgan fingerprint density at radius 1 is 1.57 bits per heavy atom. The minimum atomic E-state index is -1.15. The summed E-state index contributed by atoms with van der Waals surface area (Å²) in [6.07, 6.45) is 1.57. The molecule has 14 heavy (non-hydrogen) atoms. The number of hydrogen-bond acceptors (Lipinski definition) is 1. The molecule has 0 radical (unpaired) electrons. The third-order valence-corrected chi connectivity index (χ3v) is 2.77. The minimum Gasteiger partial charge on any atom is -0.478 e. The summed E-state index contributed by atoms with van der Waals surface area (Å²) in [5.74, 6) is -1.72. The Morgan fingerprint density at radius 3 is 2.93 bits per heavy atom. The Hall–Kier alpha value is -1.36. The molecule has 0 bridgehead atoms. The van der Waals surface area contributed by atoms with Crippen LogP contribution in [0.1, 0.15) is 10.4 Å². The minimum absolute atomic E-state index is 0.0642. The van der Waals surface area contributed by atoms with Crippen molar-refractivity contribution in [1.82, 2.24) is 4.98 Å². The van der Waals surface area contributed by atoms with E-state index < -0.39 is 11.8 Å². The molecule has 3 nitrogen and oxygen atoms in total. The topological polar surface area (TPSA) is 53.1 Å². The van der Waals surface area contributed by atoms with Gasteiger partial charge in [0, 0.05) is 11.6 Å². The van der Waals surface area contributed by atoms with Gasteiger partial charge in [-0.2, -0.15) is 0 Å². The number of rotatable bonds is 1. The largest absolute Gasteiger partial charge is 0.478 e. The predicted octanol–water partition coefficient (Wildman–Crippen LogP) is 2.77. The van der Waals surface area contributed by atoms with Crippen molar-refractivity contribution in [2.45, 2.75) is 0 Å². The summed E-state index contributed by atoms with van der Waals surface area (Å²) >= 11 is 3.06. The number of aromatic carboxylic acids is 1. The van der Waals surface area contributed by atoms with Crippen LogP contribution in [0.2, 0.25) is 0 Å². The highest BCUT2D eigenvalue weighted by atomic mass is 79.9. The molecule has 0 spiro atoms. The number of aromatic nitrogens is 1. The lowest BCUT2D eigenvalue weighted by Crippen LogP contribution is -1.99. The fraction of sp³-hybridized carbons (Fsp3) is 0. The molecular weight excluding hydrogens is 253 g/mol. The molecule has 1 heterocycles. The summed E-state index contributed by atoms with van der Waals surface area (Å²) in [4.78, 5) is 13.5. The van der Waals surface area contributed by atoms with Crippen molar-refractivity contribution in [2.24, 2.45) is 0 Å². The Kier molecular flexibility index (Phi) is 2.03. The zero-order valence-electron chi connectivity index (χ0n) is 6.84. The highest BCUT2D eigenvalue weighted by Crippen LogP contribution is 2.28. The third kappa shape index (κ3) is 1.21. The van der Waals surface area contributed by atoms with Gasteiger partial charge in [0.15, 0.2) is 0 Å². The van der Waals surface area contributed by atoms with Gasteiger partial charge in [-0.25, -0.2) is 9.18 Å². The van der Waals surface area contributed by atoms with Crippen molar-refractivity contribution < 1.29 is 14.3 Å². The van der Waals surface area contributed by atoms with Crippen LogP contribution in [0.3, 0.4) is 0 Å². The third-order valence-electron chi connectivity index (χ3n) is 1.96. The lowest BCUT2D eigenvalue weighted by Gasteiger charge is -2.01. The van der Waals surface area contributed by atoms with Gasteiger partial charge in [0.2, 0.25) is 0 Å². The SMILES string of the molecule is O=C(O)c1cc(F)c(Br)c2cc[nH]c12. The van der Waals surface area contributed by atoms with Crippen LogP contribution in [0.25, 0.3) is 10.9 Å². The fourth-order valence-electron chi connectivity index (χ4n) is 1.33. The summed E-state index contributed by atoms with van der Waals surface area (Å²) in [5.41, 5.74) is 0.358. The van der Waals surface area contributed by atoms with E-state index in [2.05, 4.69) is 20.9 Å². The molecule has 0 atom stereocenters. The molecule has 0 unspecified atom stereocenters. The molecule has 1 aromatic heterocycles. The quantitative estimate of drug-likeness (QED) is 0.826. The maximum absolute atomic E-state index is 13.2. The molecule has 0 saturated heterocycles. The summed E-state index contributed by atoms with van der Waals surface area (Å²) in [7, 11) is 0. The van der Waals surface area contributed by atoms with Crippen LogP contribution in [0.4, 0.5) is 4.39 Å². The molecule has 0 saturated carbocycles. The molecule has 0 fully saturated rings. The summed E-state index contributed by atoms with van der Waals surface area (Å²) < 4.78 is 13.5. The normalized spacial score (nSPS) is 10.7. The van der Waals surface area contributed by atoms with Gasteiger partial charge in [0.1, 0.15) is 5.82 Å². The lowest BCUT2D eigenvalue weighted by molar-refractivity contribution is 0.0698. The molecule has 2 aromatic rings. The number of nitrogens with one attached hydrogen (secondary N) is 1. The lowest BCUT2D eigenvalue weighted by atomic mass is 10.1. The Balaban J connectivity index is 2.91. The first-order valence-electron chi connectivity index (χ1n) is 3.79. The Morgan fingerprint density at radius 2 is 2.29 bits per heavy atom. The molecule has 0 amide bonds. The molecule has 2 rings (SSSR count). The average Bonchev–Trinajstić information content (AvgIpc) is 2.59. The molecule has 0 aliphatic carbocycles. The molecule has 1 aromatic carbocycles. The molecule has 0 aliphatic rings. The molecular formula is C9H5BrFNO2. The first kappa shape index (κ1) is 9.21. The second-order valence-corrected chi connectivity index (χ2v) is 3.58. The first-order valence-corrected chi connectivity index (χ1v) is 4.59. The highest BCUT2D eigenvalue weighted by Gasteiger charge is 2.15. The Labute approximate surface area is 86.7 Å². The zero-order chi connectivity index (χ0) is 10.3. The monoisotopic (exact) mass is 257 g/mol. The van der Waals surface area contributed by atoms with E-state index in [4.69, 9.17) is 5.11 Å². The van der Waals surface area contributed by atoms with Crippen molar-refractivity contribution in [1.29, 1.82) is 0 Å². The van der Waals surface area contributed by atoms with E-state index in [-0.39, 0.29) is 10.0 Å². The van der Waals surface area contributed by atoms with E-state index in [9.17, 15) is 9.18 Å². The number of benzene rings is 1. The van der Waals surface area contributed by atoms with Crippen molar-refractivity contribution >= 4 is 32.8 Å². The van der Waals surface area contributed by atoms with E-state index in [1.165, 1.54) is 0 Å². The van der Waals surface area contributed by atoms with Crippen molar-refractivity contribution in [3.8, 4) is 0 Å². The van der Waals surface area contributed by atoms with Crippen LogP contribution < -0.4 is 0 Å². The van der Waals surface area contributed by atoms with Gasteiger partial charge in [0.05, 0.1) is 15.6 Å². The highest BCUT2D eigenvalue weighted by molar-refractivity contribution is 9.10. The zero-order valence-corrected chi connectivity index (χ0v) is 8.43. The van der Waals surface area contributed by atoms with Crippen LogP contribution >= 0.6 is 15.9 Å². The van der Waals surface area contributed by atoms with Crippen LogP contribution in [0.5, 0.6) is 0 Å². The summed E-state index contributed by atoms with van der Waals surface area (Å²) in [6.45, 7) is 0. The second-order valence-electron chi connectivity index (χ2n) is 2.79. The standard InChI is InChI=1S/C9H5BrFNO2/c10-7-4-1-2-12-8(4)5(9(13)14)3-6(7)11/h1-3,12H,(H,13,14). The van der Waals surface area contributed by atoms with Crippen LogP contribution in [-0.2, 0) is 0 Å². The van der Waals surface area contributed by atoms with Crippen LogP contribution in [0, 0.1) is 5.82 Å². The van der Waals surface area contributed by atoms with E-state index in [1.807, 2.05) is 0 Å². The predicted molar refractivity (Wildman–Crippen MR) is 52.9 cm³/mol. The van der Waals surface area contributed by atoms with Gasteiger partial charge in [-0.1, -0.05) is 0 Å². The van der Waals surface area contributed by atoms with Gasteiger partial charge in [-0.15, -0.1) is 0 Å². The average molecular weight is 258 g/mol. The number of H-pyrrole nitrogens is 1. The molecule has 0 aliphatic heterocycles. The summed E-state index contributed by atoms with van der Waals surface area (Å²) in [6, 6.07) is 2.61. The van der Waals surface area contributed by atoms with Crippen LogP contribution in [0.15, 0.2) is 22.8 Å². The van der Waals surface area contributed by atoms with Gasteiger partial charge in [-0.05, 0) is 28.1 Å². The van der Waals surface area contributed by atoms with Gasteiger partial charge in [0.25, 0.3) is 0 Å². The number of hydrogen-bond donors (Lipinski definition) is 2. The van der Waals surface area contributed by atoms with E-state index in [1.54, 1.807) is 12.3 Å². The number of aromatic amines is 1. The van der Waals surface area contributed by atoms with E-state index in [0.29, 0.717) is 10.9 Å². The van der Waals surface area contributed by atoms with Gasteiger partial charge in [-0.3, -0.25) is 0 Å². The Bertz CT molecular complexity index is 521. The van der Waals surface area contributed by atoms with Gasteiger partial charge < -0.3 is 10.1 Å². The molecule has 72 valence electrons. The maximum atomic E-state index is 13.2. The number of carboxylic acid groups (broad SMARTS) is 1. The van der Waals surface area contributed by atoms with E-state index >= 15 is 0 Å². The van der Waals surface area contributed by atoms with Crippen LogP contribution in [-0.4, -0.2) is 16.1 Å². The first-order chi connectivity index (χ1) is 6.61.